The van der Waals surface area contributed by atoms with Gasteiger partial charge in [0, 0.05) is 30.8 Å². The summed E-state index contributed by atoms with van der Waals surface area (Å²) in [4.78, 5) is 17.3. The number of nitrogens with zero attached hydrogens (tertiary/aromatic N) is 2. The monoisotopic (exact) mass is 354 g/mol. The third-order valence-electron chi connectivity index (χ3n) is 2.48. The van der Waals surface area contributed by atoms with E-state index in [4.69, 9.17) is 16.3 Å². The lowest BCUT2D eigenvalue weighted by Crippen LogP contribution is -2.22. The Morgan fingerprint density at radius 1 is 1.30 bits per heavy atom. The Hall–Kier alpha value is -1.59. The van der Waals surface area contributed by atoms with Crippen LogP contribution in [0.2, 0.25) is 5.02 Å². The van der Waals surface area contributed by atoms with Crippen LogP contribution in [0.15, 0.2) is 41.0 Å². The number of hydrogen-bond acceptors (Lipinski definition) is 3. The van der Waals surface area contributed by atoms with Gasteiger partial charge < -0.3 is 9.64 Å². The highest BCUT2D eigenvalue weighted by atomic mass is 79.9. The molecule has 0 atom stereocenters. The fourth-order valence-electron chi connectivity index (χ4n) is 1.50. The van der Waals surface area contributed by atoms with Crippen LogP contribution >= 0.6 is 27.5 Å². The maximum Gasteiger partial charge on any atom is 0.272 e. The molecule has 2 aromatic rings. The van der Waals surface area contributed by atoms with Gasteiger partial charge in [-0.3, -0.25) is 9.78 Å². The number of carbonyl (C=O) groups excluding carboxylic acids is 1. The number of rotatable bonds is 3. The summed E-state index contributed by atoms with van der Waals surface area (Å²) in [5, 5.41) is 0.491. The fraction of sp³-hybridized carbons (Fsp3) is 0.143. The van der Waals surface area contributed by atoms with Crippen molar-refractivity contribution < 1.29 is 9.53 Å². The third-order valence-corrected chi connectivity index (χ3v) is 3.28. The van der Waals surface area contributed by atoms with Crippen LogP contribution in [0.25, 0.3) is 0 Å². The van der Waals surface area contributed by atoms with Crippen molar-refractivity contribution in [3.05, 3.63) is 51.7 Å². The van der Waals surface area contributed by atoms with Crippen LogP contribution in [0.5, 0.6) is 11.5 Å². The van der Waals surface area contributed by atoms with Crippen molar-refractivity contribution >= 4 is 33.4 Å². The van der Waals surface area contributed by atoms with E-state index in [1.165, 1.54) is 11.1 Å². The first-order valence-electron chi connectivity index (χ1n) is 5.78. The molecule has 1 aromatic heterocycles. The predicted octanol–water partition coefficient (Wildman–Crippen LogP) is 3.99. The van der Waals surface area contributed by atoms with E-state index in [9.17, 15) is 4.79 Å². The molecule has 0 saturated carbocycles. The van der Waals surface area contributed by atoms with Crippen LogP contribution in [0.1, 0.15) is 10.5 Å². The van der Waals surface area contributed by atoms with Crippen molar-refractivity contribution in [2.24, 2.45) is 0 Å². The lowest BCUT2D eigenvalue weighted by Gasteiger charge is -2.11. The van der Waals surface area contributed by atoms with E-state index >= 15 is 0 Å². The van der Waals surface area contributed by atoms with Gasteiger partial charge in [-0.05, 0) is 24.3 Å². The standard InChI is InChI=1S/C14H12BrClN2O2/c1-18(2)14(19)12-8-10(5-6-17-12)20-13-7-9(15)3-4-11(13)16/h3-8H,1-2H3. The zero-order chi connectivity index (χ0) is 14.7. The van der Waals surface area contributed by atoms with Crippen LogP contribution < -0.4 is 4.74 Å². The van der Waals surface area contributed by atoms with E-state index in [-0.39, 0.29) is 5.91 Å². The highest BCUT2D eigenvalue weighted by Crippen LogP contribution is 2.32. The molecular formula is C14H12BrClN2O2. The molecule has 0 bridgehead atoms. The molecule has 104 valence electrons. The second kappa shape index (κ2) is 6.24. The molecule has 0 spiro atoms. The molecule has 1 heterocycles. The number of aromatic nitrogens is 1. The Kier molecular flexibility index (Phi) is 4.62. The summed E-state index contributed by atoms with van der Waals surface area (Å²) in [5.41, 5.74) is 0.318. The molecule has 4 nitrogen and oxygen atoms in total. The minimum atomic E-state index is -0.184. The average Bonchev–Trinajstić information content (AvgIpc) is 2.42. The SMILES string of the molecule is CN(C)C(=O)c1cc(Oc2cc(Br)ccc2Cl)ccn1. The Labute approximate surface area is 130 Å². The summed E-state index contributed by atoms with van der Waals surface area (Å²) in [7, 11) is 3.34. The van der Waals surface area contributed by atoms with Crippen LogP contribution in [0.3, 0.4) is 0 Å². The first-order chi connectivity index (χ1) is 9.47. The van der Waals surface area contributed by atoms with E-state index in [0.29, 0.717) is 22.2 Å². The van der Waals surface area contributed by atoms with Crippen molar-refractivity contribution in [3.8, 4) is 11.5 Å². The first kappa shape index (κ1) is 14.8. The normalized spacial score (nSPS) is 10.2. The van der Waals surface area contributed by atoms with Crippen LogP contribution in [0, 0.1) is 0 Å². The Bertz CT molecular complexity index is 647. The Morgan fingerprint density at radius 3 is 2.75 bits per heavy atom. The molecule has 0 aliphatic rings. The van der Waals surface area contributed by atoms with Gasteiger partial charge in [0.1, 0.15) is 17.2 Å². The van der Waals surface area contributed by atoms with Gasteiger partial charge >= 0.3 is 0 Å². The minimum absolute atomic E-state index is 0.184. The summed E-state index contributed by atoms with van der Waals surface area (Å²) >= 11 is 9.42. The largest absolute Gasteiger partial charge is 0.456 e. The molecule has 2 rings (SSSR count). The summed E-state index contributed by atoms with van der Waals surface area (Å²) < 4.78 is 6.54. The van der Waals surface area contributed by atoms with Crippen molar-refractivity contribution in [1.82, 2.24) is 9.88 Å². The predicted molar refractivity (Wildman–Crippen MR) is 81.5 cm³/mol. The molecular weight excluding hydrogens is 344 g/mol. The van der Waals surface area contributed by atoms with Gasteiger partial charge in [-0.2, -0.15) is 0 Å². The number of benzene rings is 1. The van der Waals surface area contributed by atoms with Gasteiger partial charge in [0.15, 0.2) is 0 Å². The van der Waals surface area contributed by atoms with Gasteiger partial charge in [-0.1, -0.05) is 27.5 Å². The van der Waals surface area contributed by atoms with E-state index in [2.05, 4.69) is 20.9 Å². The minimum Gasteiger partial charge on any atom is -0.456 e. The molecule has 6 heteroatoms. The molecule has 0 aliphatic carbocycles. The fourth-order valence-corrected chi connectivity index (χ4v) is 2.00. The molecule has 0 radical (unpaired) electrons. The molecule has 0 unspecified atom stereocenters. The zero-order valence-electron chi connectivity index (χ0n) is 10.9. The van der Waals surface area contributed by atoms with Crippen molar-refractivity contribution in [2.45, 2.75) is 0 Å². The van der Waals surface area contributed by atoms with Gasteiger partial charge in [0.25, 0.3) is 5.91 Å². The van der Waals surface area contributed by atoms with Crippen LogP contribution in [0.4, 0.5) is 0 Å². The van der Waals surface area contributed by atoms with Gasteiger partial charge in [-0.15, -0.1) is 0 Å². The van der Waals surface area contributed by atoms with E-state index in [0.717, 1.165) is 4.47 Å². The number of amides is 1. The summed E-state index contributed by atoms with van der Waals surface area (Å²) in [6.07, 6.45) is 1.53. The molecule has 0 fully saturated rings. The first-order valence-corrected chi connectivity index (χ1v) is 6.95. The second-order valence-electron chi connectivity index (χ2n) is 4.25. The highest BCUT2D eigenvalue weighted by Gasteiger charge is 2.11. The second-order valence-corrected chi connectivity index (χ2v) is 5.58. The lowest BCUT2D eigenvalue weighted by atomic mass is 10.3. The number of ether oxygens (including phenoxy) is 1. The maximum atomic E-state index is 11.8. The number of hydrogen-bond donors (Lipinski definition) is 0. The number of carbonyl (C=O) groups is 1. The topological polar surface area (TPSA) is 42.4 Å². The van der Waals surface area contributed by atoms with Crippen molar-refractivity contribution in [3.63, 3.8) is 0 Å². The van der Waals surface area contributed by atoms with Gasteiger partial charge in [0.2, 0.25) is 0 Å². The summed E-state index contributed by atoms with van der Waals surface area (Å²) in [6, 6.07) is 8.57. The zero-order valence-corrected chi connectivity index (χ0v) is 13.3. The van der Waals surface area contributed by atoms with Gasteiger partial charge in [-0.25, -0.2) is 0 Å². The highest BCUT2D eigenvalue weighted by molar-refractivity contribution is 9.10. The van der Waals surface area contributed by atoms with Gasteiger partial charge in [0.05, 0.1) is 5.02 Å². The van der Waals surface area contributed by atoms with Crippen molar-refractivity contribution in [1.29, 1.82) is 0 Å². The molecule has 20 heavy (non-hydrogen) atoms. The van der Waals surface area contributed by atoms with E-state index in [1.54, 1.807) is 38.4 Å². The Balaban J connectivity index is 2.28. The van der Waals surface area contributed by atoms with E-state index in [1.807, 2.05) is 6.07 Å². The van der Waals surface area contributed by atoms with Crippen molar-refractivity contribution in [2.75, 3.05) is 14.1 Å². The van der Waals surface area contributed by atoms with E-state index < -0.39 is 0 Å². The average molecular weight is 356 g/mol. The molecule has 0 N–H and O–H groups in total. The summed E-state index contributed by atoms with van der Waals surface area (Å²) in [5.74, 6) is 0.830. The summed E-state index contributed by atoms with van der Waals surface area (Å²) in [6.45, 7) is 0. The lowest BCUT2D eigenvalue weighted by molar-refractivity contribution is 0.0821. The third kappa shape index (κ3) is 3.49. The number of pyridine rings is 1. The molecule has 1 aromatic carbocycles. The molecule has 0 saturated heterocycles. The molecule has 0 aliphatic heterocycles. The van der Waals surface area contributed by atoms with Crippen LogP contribution in [-0.4, -0.2) is 29.9 Å². The molecule has 1 amide bonds. The number of halogens is 2. The van der Waals surface area contributed by atoms with Crippen LogP contribution in [-0.2, 0) is 0 Å². The Morgan fingerprint density at radius 2 is 2.05 bits per heavy atom. The smallest absolute Gasteiger partial charge is 0.272 e. The maximum absolute atomic E-state index is 11.8. The quantitative estimate of drug-likeness (QED) is 0.836.